The van der Waals surface area contributed by atoms with Gasteiger partial charge in [-0.25, -0.2) is 0 Å². The number of carbonyl (C=O) groups excluding carboxylic acids is 1. The van der Waals surface area contributed by atoms with Crippen LogP contribution in [0.4, 0.5) is 18.9 Å². The van der Waals surface area contributed by atoms with Crippen molar-refractivity contribution < 1.29 is 23.1 Å². The number of hydrogen-bond donors (Lipinski definition) is 1. The van der Waals surface area contributed by atoms with Gasteiger partial charge in [0, 0.05) is 43.5 Å². The summed E-state index contributed by atoms with van der Waals surface area (Å²) in [7, 11) is 3.97. The quantitative estimate of drug-likeness (QED) is 0.529. The Bertz CT molecular complexity index is 1170. The third-order valence-corrected chi connectivity index (χ3v) is 9.11. The average molecular weight is 484 g/mol. The van der Waals surface area contributed by atoms with Crippen LogP contribution < -0.4 is 4.90 Å². The van der Waals surface area contributed by atoms with Gasteiger partial charge in [0.15, 0.2) is 5.78 Å². The number of aliphatic hydroxyl groups is 1. The normalized spacial score (nSPS) is 34.3. The molecule has 0 bridgehead atoms. The van der Waals surface area contributed by atoms with Crippen molar-refractivity contribution in [1.29, 1.82) is 0 Å². The fourth-order valence-corrected chi connectivity index (χ4v) is 7.35. The highest BCUT2D eigenvalue weighted by Crippen LogP contribution is 2.66. The summed E-state index contributed by atoms with van der Waals surface area (Å²) in [6.07, 6.45) is 1.52. The number of anilines is 1. The Balaban J connectivity index is 1.65. The first-order chi connectivity index (χ1) is 16.4. The lowest BCUT2D eigenvalue weighted by Crippen LogP contribution is -2.51. The summed E-state index contributed by atoms with van der Waals surface area (Å²) in [6.45, 7) is 1.95. The molecular formula is C29H32F3NO2. The van der Waals surface area contributed by atoms with E-state index in [2.05, 4.69) is 30.2 Å². The predicted octanol–water partition coefficient (Wildman–Crippen LogP) is 5.95. The standard InChI is InChI=1S/C29H32F3NO2/c1-27-17-24(18-4-7-20(8-5-18)33(2)3)26-22-11-9-21(34)16-19(22)6-10-23(26)25(27)12-13-28(27,35)14-15-29(30,31)32/h4-5,7-8,16,23-25,35H,6,9-13,17H2,1-3H3/t23-,24+,25-,27-,28+/m0/s1. The molecule has 2 saturated carbocycles. The van der Waals surface area contributed by atoms with Crippen molar-refractivity contribution in [3.8, 4) is 11.8 Å². The SMILES string of the molecule is CN(C)c1ccc([C@H]2C[C@@]3(C)[C@@H](CC[C@@]3(O)C#CC(F)(F)F)[C@@H]3CCC4=CC(=O)CCC4=C32)cc1. The maximum Gasteiger partial charge on any atom is 0.457 e. The molecule has 4 aliphatic rings. The van der Waals surface area contributed by atoms with E-state index in [0.717, 1.165) is 36.1 Å². The molecule has 0 unspecified atom stereocenters. The van der Waals surface area contributed by atoms with Gasteiger partial charge in [-0.1, -0.05) is 30.6 Å². The molecular weight excluding hydrogens is 451 g/mol. The van der Waals surface area contributed by atoms with Crippen molar-refractivity contribution in [2.75, 3.05) is 19.0 Å². The Morgan fingerprint density at radius 3 is 2.46 bits per heavy atom. The Morgan fingerprint density at radius 2 is 1.80 bits per heavy atom. The monoisotopic (exact) mass is 483 g/mol. The topological polar surface area (TPSA) is 40.5 Å². The summed E-state index contributed by atoms with van der Waals surface area (Å²) >= 11 is 0. The van der Waals surface area contributed by atoms with E-state index in [1.165, 1.54) is 17.1 Å². The van der Waals surface area contributed by atoms with Gasteiger partial charge in [0.25, 0.3) is 0 Å². The van der Waals surface area contributed by atoms with E-state index in [1.54, 1.807) is 0 Å². The summed E-state index contributed by atoms with van der Waals surface area (Å²) in [4.78, 5) is 14.2. The Hall–Kier alpha value is -2.52. The second-order valence-corrected chi connectivity index (χ2v) is 11.1. The summed E-state index contributed by atoms with van der Waals surface area (Å²) in [5, 5.41) is 11.6. The molecule has 6 heteroatoms. The van der Waals surface area contributed by atoms with E-state index in [9.17, 15) is 23.1 Å². The number of fused-ring (bicyclic) bond motifs is 4. The number of alkyl halides is 3. The van der Waals surface area contributed by atoms with E-state index in [0.29, 0.717) is 19.3 Å². The zero-order valence-corrected chi connectivity index (χ0v) is 20.5. The molecule has 0 heterocycles. The van der Waals surface area contributed by atoms with E-state index in [-0.39, 0.29) is 30.0 Å². The summed E-state index contributed by atoms with van der Waals surface area (Å²) in [5.41, 5.74) is 3.52. The van der Waals surface area contributed by atoms with E-state index >= 15 is 0 Å². The van der Waals surface area contributed by atoms with E-state index in [4.69, 9.17) is 0 Å². The molecule has 5 atom stereocenters. The van der Waals surface area contributed by atoms with Gasteiger partial charge < -0.3 is 10.0 Å². The maximum absolute atomic E-state index is 13.0. The minimum absolute atomic E-state index is 0.0262. The molecule has 0 aliphatic heterocycles. The first-order valence-corrected chi connectivity index (χ1v) is 12.5. The number of nitrogens with zero attached hydrogens (tertiary/aromatic N) is 1. The number of hydrogen-bond acceptors (Lipinski definition) is 3. The van der Waals surface area contributed by atoms with Crippen LogP contribution in [0.5, 0.6) is 0 Å². The third kappa shape index (κ3) is 4.02. The minimum atomic E-state index is -4.63. The predicted molar refractivity (Wildman–Crippen MR) is 130 cm³/mol. The molecule has 2 fully saturated rings. The molecule has 0 radical (unpaired) electrons. The fourth-order valence-electron chi connectivity index (χ4n) is 7.35. The lowest BCUT2D eigenvalue weighted by atomic mass is 9.51. The summed E-state index contributed by atoms with van der Waals surface area (Å²) in [6, 6.07) is 8.35. The molecule has 0 saturated heterocycles. The number of halogens is 3. The number of ketones is 1. The van der Waals surface area contributed by atoms with Crippen molar-refractivity contribution in [2.45, 2.75) is 69.6 Å². The zero-order chi connectivity index (χ0) is 25.2. The Kier molecular flexibility index (Phi) is 5.71. The Labute approximate surface area is 205 Å². The van der Waals surface area contributed by atoms with Crippen LogP contribution in [0, 0.1) is 29.1 Å². The van der Waals surface area contributed by atoms with Crippen molar-refractivity contribution in [1.82, 2.24) is 0 Å². The second kappa shape index (κ2) is 8.27. The van der Waals surface area contributed by atoms with Crippen LogP contribution in [0.1, 0.15) is 63.4 Å². The van der Waals surface area contributed by atoms with Crippen LogP contribution in [0.2, 0.25) is 0 Å². The smallest absolute Gasteiger partial charge is 0.378 e. The van der Waals surface area contributed by atoms with Gasteiger partial charge in [0.1, 0.15) is 5.60 Å². The van der Waals surface area contributed by atoms with E-state index in [1.807, 2.05) is 32.0 Å². The van der Waals surface area contributed by atoms with Crippen molar-refractivity contribution in [3.05, 3.63) is 52.6 Å². The van der Waals surface area contributed by atoms with Gasteiger partial charge in [-0.05, 0) is 85.3 Å². The summed E-state index contributed by atoms with van der Waals surface area (Å²) < 4.78 is 39.1. The van der Waals surface area contributed by atoms with Gasteiger partial charge in [-0.2, -0.15) is 13.2 Å². The van der Waals surface area contributed by atoms with E-state index < -0.39 is 17.2 Å². The number of rotatable bonds is 2. The van der Waals surface area contributed by atoms with Crippen LogP contribution in [-0.2, 0) is 4.79 Å². The lowest BCUT2D eigenvalue weighted by molar-refractivity contribution is -0.114. The number of carbonyl (C=O) groups is 1. The first kappa shape index (κ1) is 24.2. The first-order valence-electron chi connectivity index (χ1n) is 12.5. The molecule has 1 aromatic rings. The maximum atomic E-state index is 13.0. The van der Waals surface area contributed by atoms with Crippen LogP contribution in [0.3, 0.4) is 0 Å². The zero-order valence-electron chi connectivity index (χ0n) is 20.5. The molecule has 1 aromatic carbocycles. The van der Waals surface area contributed by atoms with Crippen molar-refractivity contribution in [3.63, 3.8) is 0 Å². The van der Waals surface area contributed by atoms with Crippen molar-refractivity contribution in [2.24, 2.45) is 17.3 Å². The molecule has 5 rings (SSSR count). The van der Waals surface area contributed by atoms with Crippen LogP contribution >= 0.6 is 0 Å². The molecule has 0 amide bonds. The Morgan fingerprint density at radius 1 is 1.09 bits per heavy atom. The highest BCUT2D eigenvalue weighted by atomic mass is 19.4. The fraction of sp³-hybridized carbons (Fsp3) is 0.552. The molecule has 4 aliphatic carbocycles. The third-order valence-electron chi connectivity index (χ3n) is 9.11. The molecule has 1 N–H and O–H groups in total. The molecule has 3 nitrogen and oxygen atoms in total. The largest absolute Gasteiger partial charge is 0.457 e. The molecule has 186 valence electrons. The molecule has 35 heavy (non-hydrogen) atoms. The second-order valence-electron chi connectivity index (χ2n) is 11.1. The number of benzene rings is 1. The van der Waals surface area contributed by atoms with Crippen LogP contribution in [0.15, 0.2) is 47.1 Å². The molecule has 0 spiro atoms. The van der Waals surface area contributed by atoms with Crippen LogP contribution in [-0.4, -0.2) is 36.8 Å². The lowest BCUT2D eigenvalue weighted by Gasteiger charge is -2.53. The highest BCUT2D eigenvalue weighted by Gasteiger charge is 2.62. The summed E-state index contributed by atoms with van der Waals surface area (Å²) in [5.74, 6) is 4.08. The van der Waals surface area contributed by atoms with Gasteiger partial charge in [-0.3, -0.25) is 4.79 Å². The minimum Gasteiger partial charge on any atom is -0.378 e. The highest BCUT2D eigenvalue weighted by molar-refractivity contribution is 5.93. The molecule has 0 aromatic heterocycles. The number of allylic oxidation sites excluding steroid dienone is 4. The average Bonchev–Trinajstić information content (AvgIpc) is 3.07. The van der Waals surface area contributed by atoms with Gasteiger partial charge in [0.2, 0.25) is 0 Å². The van der Waals surface area contributed by atoms with Gasteiger partial charge >= 0.3 is 6.18 Å². The van der Waals surface area contributed by atoms with Crippen molar-refractivity contribution >= 4 is 11.5 Å². The van der Waals surface area contributed by atoms with Gasteiger partial charge in [0.05, 0.1) is 0 Å². The van der Waals surface area contributed by atoms with Crippen LogP contribution in [0.25, 0.3) is 0 Å². The van der Waals surface area contributed by atoms with Gasteiger partial charge in [-0.15, -0.1) is 0 Å².